The van der Waals surface area contributed by atoms with Crippen molar-refractivity contribution in [3.63, 3.8) is 0 Å². The average molecular weight is 256 g/mol. The smallest absolute Gasteiger partial charge is 0.313 e. The van der Waals surface area contributed by atoms with Crippen LogP contribution in [0.15, 0.2) is 30.4 Å². The van der Waals surface area contributed by atoms with E-state index in [9.17, 15) is 4.79 Å². The molecule has 1 aromatic carbocycles. The van der Waals surface area contributed by atoms with Crippen LogP contribution in [0.5, 0.6) is 0 Å². The molecule has 0 radical (unpaired) electrons. The maximum atomic E-state index is 12.2. The topological polar surface area (TPSA) is 26.3 Å². The number of rotatable bonds is 2. The molecular weight excluding hydrogens is 236 g/mol. The molecule has 2 fully saturated rings. The summed E-state index contributed by atoms with van der Waals surface area (Å²) >= 11 is 0. The van der Waals surface area contributed by atoms with E-state index >= 15 is 0 Å². The van der Waals surface area contributed by atoms with Gasteiger partial charge in [-0.05, 0) is 38.7 Å². The van der Waals surface area contributed by atoms with Crippen molar-refractivity contribution in [2.45, 2.75) is 33.1 Å². The molecule has 1 saturated heterocycles. The van der Waals surface area contributed by atoms with Gasteiger partial charge in [0.1, 0.15) is 0 Å². The van der Waals surface area contributed by atoms with Gasteiger partial charge in [-0.2, -0.15) is 0 Å². The van der Waals surface area contributed by atoms with Crippen LogP contribution in [0, 0.1) is 25.2 Å². The molecule has 0 N–H and O–H groups in total. The summed E-state index contributed by atoms with van der Waals surface area (Å²) in [5.41, 5.74) is 4.62. The average Bonchev–Trinajstić information content (AvgIpc) is 2.74. The lowest BCUT2D eigenvalue weighted by atomic mass is 9.75. The quantitative estimate of drug-likeness (QED) is 0.599. The third-order valence-electron chi connectivity index (χ3n) is 4.51. The highest BCUT2D eigenvalue weighted by atomic mass is 16.5. The number of cyclic esters (lactones) is 1. The first-order chi connectivity index (χ1) is 8.99. The van der Waals surface area contributed by atoms with E-state index in [0.29, 0.717) is 12.5 Å². The van der Waals surface area contributed by atoms with E-state index in [2.05, 4.69) is 38.6 Å². The summed E-state index contributed by atoms with van der Waals surface area (Å²) in [6.07, 6.45) is 2.53. The predicted molar refractivity (Wildman–Crippen MR) is 74.9 cm³/mol. The van der Waals surface area contributed by atoms with Crippen molar-refractivity contribution < 1.29 is 9.53 Å². The standard InChI is InChI=1S/C17H20O2/c1-11-4-12(2)6-14(5-11)9-17-8-13(3)7-15(17)10-19-16(17)18/h4-6,15H,3,7-10H2,1-2H3. The van der Waals surface area contributed by atoms with E-state index in [0.717, 1.165) is 19.3 Å². The summed E-state index contributed by atoms with van der Waals surface area (Å²) in [6, 6.07) is 6.54. The molecule has 1 aliphatic carbocycles. The summed E-state index contributed by atoms with van der Waals surface area (Å²) < 4.78 is 5.32. The zero-order valence-electron chi connectivity index (χ0n) is 11.7. The molecule has 0 bridgehead atoms. The molecule has 2 unspecified atom stereocenters. The molecule has 3 rings (SSSR count). The van der Waals surface area contributed by atoms with E-state index in [1.165, 1.54) is 22.3 Å². The van der Waals surface area contributed by atoms with Crippen LogP contribution in [-0.2, 0) is 16.0 Å². The number of hydrogen-bond acceptors (Lipinski definition) is 2. The number of esters is 1. The Morgan fingerprint density at radius 2 is 2.00 bits per heavy atom. The Bertz CT molecular complexity index is 538. The Hall–Kier alpha value is -1.57. The van der Waals surface area contributed by atoms with Crippen molar-refractivity contribution >= 4 is 5.97 Å². The van der Waals surface area contributed by atoms with Gasteiger partial charge in [-0.3, -0.25) is 4.79 Å². The molecule has 1 aromatic rings. The number of carbonyl (C=O) groups excluding carboxylic acids is 1. The first-order valence-corrected chi connectivity index (χ1v) is 6.91. The molecule has 1 heterocycles. The van der Waals surface area contributed by atoms with Gasteiger partial charge in [-0.1, -0.05) is 41.5 Å². The number of benzene rings is 1. The van der Waals surface area contributed by atoms with Crippen molar-refractivity contribution in [3.05, 3.63) is 47.0 Å². The molecular formula is C17H20O2. The molecule has 1 saturated carbocycles. The van der Waals surface area contributed by atoms with Crippen LogP contribution >= 0.6 is 0 Å². The van der Waals surface area contributed by atoms with Gasteiger partial charge >= 0.3 is 5.97 Å². The van der Waals surface area contributed by atoms with Crippen LogP contribution in [0.4, 0.5) is 0 Å². The third kappa shape index (κ3) is 1.99. The van der Waals surface area contributed by atoms with Gasteiger partial charge < -0.3 is 4.74 Å². The van der Waals surface area contributed by atoms with Crippen LogP contribution < -0.4 is 0 Å². The maximum Gasteiger partial charge on any atom is 0.313 e. The number of hydrogen-bond donors (Lipinski definition) is 0. The summed E-state index contributed by atoms with van der Waals surface area (Å²) in [5, 5.41) is 0. The fraction of sp³-hybridized carbons (Fsp3) is 0.471. The van der Waals surface area contributed by atoms with E-state index in [4.69, 9.17) is 4.74 Å². The highest BCUT2D eigenvalue weighted by Crippen LogP contribution is 2.52. The molecule has 2 nitrogen and oxygen atoms in total. The number of aryl methyl sites for hydroxylation is 2. The molecule has 0 spiro atoms. The SMILES string of the molecule is C=C1CC2COC(=O)C2(Cc2cc(C)cc(C)c2)C1. The Labute approximate surface area is 114 Å². The summed E-state index contributed by atoms with van der Waals surface area (Å²) in [4.78, 5) is 12.2. The highest BCUT2D eigenvalue weighted by Gasteiger charge is 2.55. The minimum atomic E-state index is -0.336. The minimum Gasteiger partial charge on any atom is -0.465 e. The molecule has 1 aliphatic heterocycles. The van der Waals surface area contributed by atoms with Crippen LogP contribution in [0.2, 0.25) is 0 Å². The Kier molecular flexibility index (Phi) is 2.77. The molecule has 19 heavy (non-hydrogen) atoms. The van der Waals surface area contributed by atoms with Gasteiger partial charge in [0, 0.05) is 5.92 Å². The molecule has 2 heteroatoms. The zero-order valence-corrected chi connectivity index (χ0v) is 11.7. The highest BCUT2D eigenvalue weighted by molar-refractivity contribution is 5.81. The van der Waals surface area contributed by atoms with Gasteiger partial charge in [0.2, 0.25) is 0 Å². The van der Waals surface area contributed by atoms with Crippen LogP contribution in [0.1, 0.15) is 29.5 Å². The fourth-order valence-corrected chi connectivity index (χ4v) is 3.80. The normalized spacial score (nSPS) is 29.5. The van der Waals surface area contributed by atoms with Crippen LogP contribution in [0.3, 0.4) is 0 Å². The van der Waals surface area contributed by atoms with Gasteiger partial charge in [-0.25, -0.2) is 0 Å². The second-order valence-corrected chi connectivity index (χ2v) is 6.26. The van der Waals surface area contributed by atoms with Gasteiger partial charge in [-0.15, -0.1) is 0 Å². The Balaban J connectivity index is 1.96. The lowest BCUT2D eigenvalue weighted by molar-refractivity contribution is -0.146. The van der Waals surface area contributed by atoms with Gasteiger partial charge in [0.25, 0.3) is 0 Å². The summed E-state index contributed by atoms with van der Waals surface area (Å²) in [5.74, 6) is 0.309. The zero-order chi connectivity index (χ0) is 13.6. The first kappa shape index (κ1) is 12.5. The monoisotopic (exact) mass is 256 g/mol. The van der Waals surface area contributed by atoms with Crippen molar-refractivity contribution in [3.8, 4) is 0 Å². The Morgan fingerprint density at radius 1 is 1.32 bits per heavy atom. The van der Waals surface area contributed by atoms with E-state index in [1.54, 1.807) is 0 Å². The summed E-state index contributed by atoms with van der Waals surface area (Å²) in [6.45, 7) is 8.86. The van der Waals surface area contributed by atoms with Gasteiger partial charge in [0.15, 0.2) is 0 Å². The Morgan fingerprint density at radius 3 is 2.68 bits per heavy atom. The number of carbonyl (C=O) groups is 1. The van der Waals surface area contributed by atoms with E-state index in [-0.39, 0.29) is 11.4 Å². The maximum absolute atomic E-state index is 12.2. The number of allylic oxidation sites excluding steroid dienone is 1. The minimum absolute atomic E-state index is 0.0182. The lowest BCUT2D eigenvalue weighted by Crippen LogP contribution is -2.31. The van der Waals surface area contributed by atoms with Crippen molar-refractivity contribution in [2.75, 3.05) is 6.61 Å². The second-order valence-electron chi connectivity index (χ2n) is 6.26. The first-order valence-electron chi connectivity index (χ1n) is 6.91. The largest absolute Gasteiger partial charge is 0.465 e. The van der Waals surface area contributed by atoms with Crippen LogP contribution in [-0.4, -0.2) is 12.6 Å². The van der Waals surface area contributed by atoms with E-state index in [1.807, 2.05) is 0 Å². The van der Waals surface area contributed by atoms with Gasteiger partial charge in [0.05, 0.1) is 12.0 Å². The summed E-state index contributed by atoms with van der Waals surface area (Å²) in [7, 11) is 0. The molecule has 2 aliphatic rings. The molecule has 100 valence electrons. The van der Waals surface area contributed by atoms with Crippen molar-refractivity contribution in [1.82, 2.24) is 0 Å². The predicted octanol–water partition coefficient (Wildman–Crippen LogP) is 3.36. The number of fused-ring (bicyclic) bond motifs is 1. The lowest BCUT2D eigenvalue weighted by Gasteiger charge is -2.24. The van der Waals surface area contributed by atoms with E-state index < -0.39 is 0 Å². The van der Waals surface area contributed by atoms with Crippen molar-refractivity contribution in [2.24, 2.45) is 11.3 Å². The third-order valence-corrected chi connectivity index (χ3v) is 4.51. The number of ether oxygens (including phenoxy) is 1. The van der Waals surface area contributed by atoms with Crippen molar-refractivity contribution in [1.29, 1.82) is 0 Å². The molecule has 0 amide bonds. The fourth-order valence-electron chi connectivity index (χ4n) is 3.80. The molecule has 0 aromatic heterocycles. The van der Waals surface area contributed by atoms with Crippen LogP contribution in [0.25, 0.3) is 0 Å². The molecule has 2 atom stereocenters. The second kappa shape index (κ2) is 4.22.